The highest BCUT2D eigenvalue weighted by atomic mass is 16.2. The summed E-state index contributed by atoms with van der Waals surface area (Å²) in [7, 11) is 0. The number of carbonyl (C=O) groups excluding carboxylic acids is 1. The number of anilines is 1. The van der Waals surface area contributed by atoms with E-state index >= 15 is 0 Å². The molecule has 0 unspecified atom stereocenters. The van der Waals surface area contributed by atoms with E-state index in [4.69, 9.17) is 0 Å². The molecule has 0 radical (unpaired) electrons. The maximum absolute atomic E-state index is 12.5. The Morgan fingerprint density at radius 2 is 1.80 bits per heavy atom. The van der Waals surface area contributed by atoms with Crippen molar-refractivity contribution in [3.05, 3.63) is 18.1 Å². The maximum Gasteiger partial charge on any atom is 0.272 e. The molecule has 5 nitrogen and oxygen atoms in total. The lowest BCUT2D eigenvalue weighted by Gasteiger charge is -2.23. The van der Waals surface area contributed by atoms with Gasteiger partial charge in [0.15, 0.2) is 0 Å². The van der Waals surface area contributed by atoms with Gasteiger partial charge >= 0.3 is 0 Å². The monoisotopic (exact) mass is 278 g/mol. The molecule has 0 aliphatic heterocycles. The molecule has 0 atom stereocenters. The van der Waals surface area contributed by atoms with Crippen molar-refractivity contribution in [1.29, 1.82) is 0 Å². The first kappa shape index (κ1) is 16.4. The fraction of sp³-hybridized carbons (Fsp3) is 0.667. The first-order valence-electron chi connectivity index (χ1n) is 7.27. The van der Waals surface area contributed by atoms with Crippen molar-refractivity contribution in [3.63, 3.8) is 0 Å². The highest BCUT2D eigenvalue weighted by Gasteiger charge is 2.17. The van der Waals surface area contributed by atoms with Crippen LogP contribution in [0.4, 0.5) is 5.82 Å². The van der Waals surface area contributed by atoms with Crippen LogP contribution < -0.4 is 5.32 Å². The first-order chi connectivity index (χ1) is 9.37. The Morgan fingerprint density at radius 3 is 2.30 bits per heavy atom. The minimum atomic E-state index is -0.0960. The van der Waals surface area contributed by atoms with Gasteiger partial charge in [-0.1, -0.05) is 13.8 Å². The van der Waals surface area contributed by atoms with E-state index in [-0.39, 0.29) is 11.4 Å². The third-order valence-electron chi connectivity index (χ3n) is 2.66. The number of amides is 1. The van der Waals surface area contributed by atoms with Crippen molar-refractivity contribution < 1.29 is 4.79 Å². The Bertz CT molecular complexity index is 434. The van der Waals surface area contributed by atoms with Crippen LogP contribution in [0.1, 0.15) is 57.9 Å². The number of nitrogens with one attached hydrogen (secondary N) is 1. The number of nitrogens with zero attached hydrogens (tertiary/aromatic N) is 3. The summed E-state index contributed by atoms with van der Waals surface area (Å²) in [5, 5.41) is 3.26. The SMILES string of the molecule is CCCN(CCC)C(=O)c1cc(NC(C)(C)C)ncn1. The number of carbonyl (C=O) groups is 1. The molecule has 112 valence electrons. The average Bonchev–Trinajstić information content (AvgIpc) is 2.36. The first-order valence-corrected chi connectivity index (χ1v) is 7.27. The molecule has 0 aliphatic rings. The van der Waals surface area contributed by atoms with E-state index in [1.165, 1.54) is 6.33 Å². The van der Waals surface area contributed by atoms with Crippen molar-refractivity contribution in [2.45, 2.75) is 53.0 Å². The van der Waals surface area contributed by atoms with E-state index in [2.05, 4.69) is 49.9 Å². The molecule has 1 aromatic heterocycles. The largest absolute Gasteiger partial charge is 0.365 e. The molecule has 0 saturated carbocycles. The summed E-state index contributed by atoms with van der Waals surface area (Å²) in [6.07, 6.45) is 3.34. The van der Waals surface area contributed by atoms with Gasteiger partial charge in [0.1, 0.15) is 17.8 Å². The third kappa shape index (κ3) is 5.15. The molecule has 1 N–H and O–H groups in total. The molecule has 0 aliphatic carbocycles. The molecule has 1 aromatic rings. The fourth-order valence-corrected chi connectivity index (χ4v) is 1.94. The minimum absolute atomic E-state index is 0.0203. The van der Waals surface area contributed by atoms with Gasteiger partial charge in [-0.2, -0.15) is 0 Å². The Hall–Kier alpha value is -1.65. The van der Waals surface area contributed by atoms with Crippen LogP contribution in [0, 0.1) is 0 Å². The molecular weight excluding hydrogens is 252 g/mol. The summed E-state index contributed by atoms with van der Waals surface area (Å²) in [6, 6.07) is 1.73. The topological polar surface area (TPSA) is 58.1 Å². The van der Waals surface area contributed by atoms with Crippen molar-refractivity contribution in [1.82, 2.24) is 14.9 Å². The van der Waals surface area contributed by atoms with Gasteiger partial charge in [-0.3, -0.25) is 4.79 Å². The van der Waals surface area contributed by atoms with Gasteiger partial charge in [-0.15, -0.1) is 0 Å². The molecule has 0 aromatic carbocycles. The molecule has 1 amide bonds. The average molecular weight is 278 g/mol. The normalized spacial score (nSPS) is 11.2. The van der Waals surface area contributed by atoms with Crippen LogP contribution in [0.25, 0.3) is 0 Å². The predicted octanol–water partition coefficient (Wildman–Crippen LogP) is 2.95. The van der Waals surface area contributed by atoms with Gasteiger partial charge in [0.2, 0.25) is 0 Å². The zero-order valence-corrected chi connectivity index (χ0v) is 13.2. The van der Waals surface area contributed by atoms with Crippen LogP contribution >= 0.6 is 0 Å². The van der Waals surface area contributed by atoms with Crippen LogP contribution in [-0.4, -0.2) is 39.4 Å². The zero-order valence-electron chi connectivity index (χ0n) is 13.2. The smallest absolute Gasteiger partial charge is 0.272 e. The summed E-state index contributed by atoms with van der Waals surface area (Å²) in [4.78, 5) is 22.6. The number of rotatable bonds is 6. The molecule has 0 spiro atoms. The summed E-state index contributed by atoms with van der Waals surface area (Å²) in [5.74, 6) is 0.664. The molecular formula is C15H26N4O. The second kappa shape index (κ2) is 7.22. The van der Waals surface area contributed by atoms with Gasteiger partial charge in [-0.05, 0) is 33.6 Å². The van der Waals surface area contributed by atoms with Gasteiger partial charge in [-0.25, -0.2) is 9.97 Å². The number of hydrogen-bond acceptors (Lipinski definition) is 4. The number of aromatic nitrogens is 2. The molecule has 0 bridgehead atoms. The van der Waals surface area contributed by atoms with Gasteiger partial charge < -0.3 is 10.2 Å². The summed E-state index contributed by atoms with van der Waals surface area (Å²) in [6.45, 7) is 11.8. The third-order valence-corrected chi connectivity index (χ3v) is 2.66. The van der Waals surface area contributed by atoms with Gasteiger partial charge in [0.25, 0.3) is 5.91 Å². The second-order valence-electron chi connectivity index (χ2n) is 5.96. The summed E-state index contributed by atoms with van der Waals surface area (Å²) < 4.78 is 0. The lowest BCUT2D eigenvalue weighted by molar-refractivity contribution is 0.0749. The fourth-order valence-electron chi connectivity index (χ4n) is 1.94. The Kier molecular flexibility index (Phi) is 5.92. The molecule has 20 heavy (non-hydrogen) atoms. The maximum atomic E-state index is 12.5. The molecule has 5 heteroatoms. The minimum Gasteiger partial charge on any atom is -0.365 e. The summed E-state index contributed by atoms with van der Waals surface area (Å²) >= 11 is 0. The molecule has 0 saturated heterocycles. The predicted molar refractivity (Wildman–Crippen MR) is 81.9 cm³/mol. The van der Waals surface area contributed by atoms with Crippen molar-refractivity contribution in [2.24, 2.45) is 0 Å². The lowest BCUT2D eigenvalue weighted by atomic mass is 10.1. The highest BCUT2D eigenvalue weighted by Crippen LogP contribution is 2.13. The molecule has 0 fully saturated rings. The standard InChI is InChI=1S/C15H26N4O/c1-6-8-19(9-7-2)14(20)12-10-13(17-11-16-12)18-15(3,4)5/h10-11H,6-9H2,1-5H3,(H,16,17,18). The van der Waals surface area contributed by atoms with E-state index < -0.39 is 0 Å². The lowest BCUT2D eigenvalue weighted by Crippen LogP contribution is -2.33. The summed E-state index contributed by atoms with van der Waals surface area (Å²) in [5.41, 5.74) is 0.356. The van der Waals surface area contributed by atoms with Gasteiger partial charge in [0.05, 0.1) is 0 Å². The van der Waals surface area contributed by atoms with E-state index in [0.717, 1.165) is 25.9 Å². The van der Waals surface area contributed by atoms with Crippen LogP contribution in [0.3, 0.4) is 0 Å². The zero-order chi connectivity index (χ0) is 15.2. The van der Waals surface area contributed by atoms with Crippen molar-refractivity contribution >= 4 is 11.7 Å². The second-order valence-corrected chi connectivity index (χ2v) is 5.96. The van der Waals surface area contributed by atoms with Crippen LogP contribution in [0.5, 0.6) is 0 Å². The van der Waals surface area contributed by atoms with Crippen LogP contribution in [0.15, 0.2) is 12.4 Å². The Labute approximate surface area is 121 Å². The number of hydrogen-bond donors (Lipinski definition) is 1. The quantitative estimate of drug-likeness (QED) is 0.869. The van der Waals surface area contributed by atoms with E-state index in [9.17, 15) is 4.79 Å². The van der Waals surface area contributed by atoms with E-state index in [0.29, 0.717) is 11.5 Å². The Balaban J connectivity index is 2.89. The van der Waals surface area contributed by atoms with E-state index in [1.807, 2.05) is 4.90 Å². The van der Waals surface area contributed by atoms with Gasteiger partial charge in [0, 0.05) is 24.7 Å². The van der Waals surface area contributed by atoms with E-state index in [1.54, 1.807) is 6.07 Å². The Morgan fingerprint density at radius 1 is 1.20 bits per heavy atom. The van der Waals surface area contributed by atoms with Crippen LogP contribution in [-0.2, 0) is 0 Å². The van der Waals surface area contributed by atoms with Crippen molar-refractivity contribution in [2.75, 3.05) is 18.4 Å². The highest BCUT2D eigenvalue weighted by molar-refractivity contribution is 5.92. The van der Waals surface area contributed by atoms with Crippen LogP contribution in [0.2, 0.25) is 0 Å². The molecule has 1 heterocycles. The van der Waals surface area contributed by atoms with Crippen molar-refractivity contribution in [3.8, 4) is 0 Å². The molecule has 1 rings (SSSR count).